The zero-order valence-corrected chi connectivity index (χ0v) is 10.9. The average Bonchev–Trinajstić information content (AvgIpc) is 3.14. The summed E-state index contributed by atoms with van der Waals surface area (Å²) in [6.45, 7) is 1.39. The highest BCUT2D eigenvalue weighted by Gasteiger charge is 2.61. The van der Waals surface area contributed by atoms with E-state index in [0.717, 1.165) is 12.8 Å². The van der Waals surface area contributed by atoms with Gasteiger partial charge >= 0.3 is 5.72 Å². The maximum absolute atomic E-state index is 12.5. The minimum Gasteiger partial charge on any atom is -0.437 e. The van der Waals surface area contributed by atoms with Gasteiger partial charge in [-0.15, -0.1) is 5.10 Å². The summed E-state index contributed by atoms with van der Waals surface area (Å²) in [5, 5.41) is 8.18. The van der Waals surface area contributed by atoms with E-state index >= 15 is 0 Å². The molecule has 0 aromatic heterocycles. The van der Waals surface area contributed by atoms with Crippen molar-refractivity contribution < 1.29 is 14.3 Å². The number of nitrogens with zero attached hydrogens (tertiary/aromatic N) is 2. The Labute approximate surface area is 115 Å². The van der Waals surface area contributed by atoms with E-state index in [-0.39, 0.29) is 17.7 Å². The summed E-state index contributed by atoms with van der Waals surface area (Å²) in [6, 6.07) is 7.22. The first kappa shape index (κ1) is 11.5. The number of para-hydroxylation sites is 1. The number of rotatable bonds is 1. The van der Waals surface area contributed by atoms with Crippen LogP contribution in [0.2, 0.25) is 0 Å². The maximum Gasteiger partial charge on any atom is 0.313 e. The van der Waals surface area contributed by atoms with E-state index in [0.29, 0.717) is 17.1 Å². The van der Waals surface area contributed by atoms with E-state index < -0.39 is 5.72 Å². The largest absolute Gasteiger partial charge is 0.437 e. The van der Waals surface area contributed by atoms with Gasteiger partial charge in [0.1, 0.15) is 0 Å². The zero-order valence-electron chi connectivity index (χ0n) is 10.9. The molecule has 0 radical (unpaired) electrons. The van der Waals surface area contributed by atoms with Gasteiger partial charge < -0.3 is 10.1 Å². The molecule has 20 heavy (non-hydrogen) atoms. The molecular weight excluding hydrogens is 258 g/mol. The molecule has 1 saturated carbocycles. The minimum atomic E-state index is -1.46. The smallest absolute Gasteiger partial charge is 0.313 e. The predicted molar refractivity (Wildman–Crippen MR) is 70.5 cm³/mol. The molecule has 2 aliphatic heterocycles. The maximum atomic E-state index is 12.5. The van der Waals surface area contributed by atoms with Crippen LogP contribution < -0.4 is 5.32 Å². The van der Waals surface area contributed by atoms with E-state index in [1.807, 2.05) is 12.1 Å². The monoisotopic (exact) mass is 271 g/mol. The van der Waals surface area contributed by atoms with Crippen LogP contribution >= 0.6 is 0 Å². The molecular formula is C14H13N3O3. The highest BCUT2D eigenvalue weighted by molar-refractivity contribution is 6.08. The number of fused-ring (bicyclic) bond motifs is 2. The Hall–Kier alpha value is -2.37. The third-order valence-electron chi connectivity index (χ3n) is 3.82. The zero-order chi connectivity index (χ0) is 13.9. The molecule has 4 rings (SSSR count). The highest BCUT2D eigenvalue weighted by atomic mass is 16.6. The number of carbonyl (C=O) groups excluding carboxylic acids is 2. The number of hydrogen-bond acceptors (Lipinski definition) is 4. The molecule has 1 fully saturated rings. The van der Waals surface area contributed by atoms with E-state index in [9.17, 15) is 9.59 Å². The number of carbonyl (C=O) groups is 2. The van der Waals surface area contributed by atoms with Crippen LogP contribution in [-0.2, 0) is 20.1 Å². The Morgan fingerprint density at radius 1 is 1.45 bits per heavy atom. The number of amides is 2. The fourth-order valence-corrected chi connectivity index (χ4v) is 2.70. The molecule has 2 heterocycles. The number of ether oxygens (including phenoxy) is 1. The van der Waals surface area contributed by atoms with Crippen LogP contribution in [0.1, 0.15) is 25.3 Å². The standard InChI is InChI=1S/C14H13N3O3/c1-8(18)17-14(20-12(16-17)9-6-7-9)10-4-2-3-5-11(10)15-13(14)19/h2-5,9H,6-7H2,1H3,(H,15,19). The fraction of sp³-hybridized carbons (Fsp3) is 0.357. The average molecular weight is 271 g/mol. The van der Waals surface area contributed by atoms with Crippen LogP contribution in [0.15, 0.2) is 29.4 Å². The Morgan fingerprint density at radius 2 is 2.20 bits per heavy atom. The topological polar surface area (TPSA) is 71.0 Å². The van der Waals surface area contributed by atoms with Crippen molar-refractivity contribution in [2.24, 2.45) is 11.0 Å². The van der Waals surface area contributed by atoms with Crippen LogP contribution in [0.25, 0.3) is 0 Å². The third kappa shape index (κ3) is 1.31. The molecule has 1 aromatic carbocycles. The molecule has 6 heteroatoms. The summed E-state index contributed by atoms with van der Waals surface area (Å²) >= 11 is 0. The van der Waals surface area contributed by atoms with Crippen LogP contribution in [0.4, 0.5) is 5.69 Å². The van der Waals surface area contributed by atoms with E-state index in [4.69, 9.17) is 4.74 Å². The molecule has 2 amide bonds. The van der Waals surface area contributed by atoms with Crippen molar-refractivity contribution in [2.45, 2.75) is 25.5 Å². The molecule has 1 aromatic rings. The van der Waals surface area contributed by atoms with Crippen LogP contribution in [0.3, 0.4) is 0 Å². The van der Waals surface area contributed by atoms with Gasteiger partial charge in [0.15, 0.2) is 0 Å². The number of benzene rings is 1. The van der Waals surface area contributed by atoms with Crippen molar-refractivity contribution >= 4 is 23.4 Å². The van der Waals surface area contributed by atoms with Crippen molar-refractivity contribution in [3.63, 3.8) is 0 Å². The molecule has 1 aliphatic carbocycles. The normalized spacial score (nSPS) is 27.1. The van der Waals surface area contributed by atoms with Gasteiger partial charge in [0.25, 0.3) is 5.91 Å². The number of hydrogen-bond donors (Lipinski definition) is 1. The van der Waals surface area contributed by atoms with E-state index in [1.54, 1.807) is 12.1 Å². The lowest BCUT2D eigenvalue weighted by atomic mass is 10.0. The van der Waals surface area contributed by atoms with Gasteiger partial charge in [-0.2, -0.15) is 5.01 Å². The van der Waals surface area contributed by atoms with Crippen molar-refractivity contribution in [1.29, 1.82) is 0 Å². The van der Waals surface area contributed by atoms with Crippen LogP contribution in [0, 0.1) is 5.92 Å². The Kier molecular flexibility index (Phi) is 2.06. The second-order valence-corrected chi connectivity index (χ2v) is 5.29. The Bertz CT molecular complexity index is 665. The summed E-state index contributed by atoms with van der Waals surface area (Å²) in [7, 11) is 0. The van der Waals surface area contributed by atoms with Gasteiger partial charge in [0, 0.05) is 12.8 Å². The van der Waals surface area contributed by atoms with Crippen molar-refractivity contribution in [3.8, 4) is 0 Å². The molecule has 102 valence electrons. The van der Waals surface area contributed by atoms with Crippen LogP contribution in [-0.4, -0.2) is 22.7 Å². The summed E-state index contributed by atoms with van der Waals surface area (Å²) < 4.78 is 5.89. The molecule has 0 bridgehead atoms. The SMILES string of the molecule is CC(=O)N1N=C(C2CC2)OC12C(=O)Nc1ccccc12. The molecule has 1 spiro atoms. The van der Waals surface area contributed by atoms with Gasteiger partial charge in [-0.3, -0.25) is 9.59 Å². The van der Waals surface area contributed by atoms with Gasteiger partial charge in [-0.25, -0.2) is 0 Å². The summed E-state index contributed by atoms with van der Waals surface area (Å²) in [5.41, 5.74) is -0.157. The number of hydrazone groups is 1. The first-order valence-corrected chi connectivity index (χ1v) is 6.62. The molecule has 6 nitrogen and oxygen atoms in total. The van der Waals surface area contributed by atoms with Crippen molar-refractivity contribution in [2.75, 3.05) is 5.32 Å². The lowest BCUT2D eigenvalue weighted by Gasteiger charge is -2.28. The van der Waals surface area contributed by atoms with Crippen molar-refractivity contribution in [3.05, 3.63) is 29.8 Å². The second-order valence-electron chi connectivity index (χ2n) is 5.29. The second kappa shape index (κ2) is 3.59. The Morgan fingerprint density at radius 3 is 2.90 bits per heavy atom. The fourth-order valence-electron chi connectivity index (χ4n) is 2.70. The van der Waals surface area contributed by atoms with Gasteiger partial charge in [0.05, 0.1) is 11.3 Å². The summed E-state index contributed by atoms with van der Waals surface area (Å²) in [5.74, 6) is 0.0460. The molecule has 1 N–H and O–H groups in total. The summed E-state index contributed by atoms with van der Waals surface area (Å²) in [6.07, 6.45) is 1.98. The van der Waals surface area contributed by atoms with Gasteiger partial charge in [-0.05, 0) is 18.9 Å². The molecule has 3 aliphatic rings. The third-order valence-corrected chi connectivity index (χ3v) is 3.82. The molecule has 0 saturated heterocycles. The lowest BCUT2D eigenvalue weighted by molar-refractivity contribution is -0.160. The quantitative estimate of drug-likeness (QED) is 0.839. The Balaban J connectivity index is 1.87. The first-order chi connectivity index (χ1) is 9.63. The number of nitrogens with one attached hydrogen (secondary N) is 1. The minimum absolute atomic E-state index is 0.233. The van der Waals surface area contributed by atoms with E-state index in [2.05, 4.69) is 10.4 Å². The molecule has 1 atom stereocenters. The van der Waals surface area contributed by atoms with Crippen LogP contribution in [0.5, 0.6) is 0 Å². The van der Waals surface area contributed by atoms with Gasteiger partial charge in [-0.1, -0.05) is 18.2 Å². The summed E-state index contributed by atoms with van der Waals surface area (Å²) in [4.78, 5) is 24.4. The lowest BCUT2D eigenvalue weighted by Crippen LogP contribution is -2.49. The van der Waals surface area contributed by atoms with E-state index in [1.165, 1.54) is 11.9 Å². The van der Waals surface area contributed by atoms with Crippen molar-refractivity contribution in [1.82, 2.24) is 5.01 Å². The first-order valence-electron chi connectivity index (χ1n) is 6.62. The number of anilines is 1. The van der Waals surface area contributed by atoms with Gasteiger partial charge in [0.2, 0.25) is 11.8 Å². The molecule has 1 unspecified atom stereocenters. The highest BCUT2D eigenvalue weighted by Crippen LogP contribution is 2.47. The predicted octanol–water partition coefficient (Wildman–Crippen LogP) is 1.39.